The zero-order valence-corrected chi connectivity index (χ0v) is 16.8. The number of hydrogen-bond acceptors (Lipinski definition) is 5. The van der Waals surface area contributed by atoms with Crippen molar-refractivity contribution in [2.45, 2.75) is 25.8 Å². The molecular formula is C22H25N3O2S. The molecule has 0 bridgehead atoms. The lowest BCUT2D eigenvalue weighted by Crippen LogP contribution is -2.41. The average Bonchev–Trinajstić information content (AvgIpc) is 3.42. The van der Waals surface area contributed by atoms with Crippen LogP contribution in [0.2, 0.25) is 0 Å². The highest BCUT2D eigenvalue weighted by Crippen LogP contribution is 2.29. The fraction of sp³-hybridized carbons (Fsp3) is 0.364. The number of carbonyl (C=O) groups excluding carboxylic acids is 1. The summed E-state index contributed by atoms with van der Waals surface area (Å²) in [6, 6.07) is 15.8. The fourth-order valence-corrected chi connectivity index (χ4v) is 4.49. The van der Waals surface area contributed by atoms with E-state index in [0.717, 1.165) is 24.6 Å². The summed E-state index contributed by atoms with van der Waals surface area (Å²) < 4.78 is 5.36. The van der Waals surface area contributed by atoms with E-state index in [1.807, 2.05) is 30.3 Å². The van der Waals surface area contributed by atoms with Crippen LogP contribution in [0.25, 0.3) is 11.3 Å². The maximum atomic E-state index is 12.6. The van der Waals surface area contributed by atoms with Gasteiger partial charge in [-0.05, 0) is 43.3 Å². The number of nitrogens with zero attached hydrogens (tertiary/aromatic N) is 2. The van der Waals surface area contributed by atoms with Crippen LogP contribution in [-0.4, -0.2) is 35.6 Å². The standard InChI is InChI=1S/C22H25N3O2S/c1-16-9-11-25(12-10-16)19(21-8-5-13-28-21)15-23-22(26)18-14-20(27-24-18)17-6-3-2-4-7-17/h2-8,13-14,16,19H,9-12,15H2,1H3,(H,23,26). The highest BCUT2D eigenvalue weighted by molar-refractivity contribution is 7.10. The molecule has 1 aliphatic rings. The second-order valence-corrected chi connectivity index (χ2v) is 8.38. The summed E-state index contributed by atoms with van der Waals surface area (Å²) in [5, 5.41) is 9.12. The molecule has 28 heavy (non-hydrogen) atoms. The van der Waals surface area contributed by atoms with Crippen LogP contribution >= 0.6 is 11.3 Å². The number of amides is 1. The summed E-state index contributed by atoms with van der Waals surface area (Å²) in [5.74, 6) is 1.19. The predicted molar refractivity (Wildman–Crippen MR) is 111 cm³/mol. The second-order valence-electron chi connectivity index (χ2n) is 7.40. The van der Waals surface area contributed by atoms with Gasteiger partial charge in [0.1, 0.15) is 0 Å². The maximum absolute atomic E-state index is 12.6. The predicted octanol–water partition coefficient (Wildman–Crippen LogP) is 4.61. The molecule has 0 aliphatic carbocycles. The molecule has 1 fully saturated rings. The highest BCUT2D eigenvalue weighted by atomic mass is 32.1. The fourth-order valence-electron chi connectivity index (χ4n) is 3.63. The lowest BCUT2D eigenvalue weighted by atomic mass is 9.97. The average molecular weight is 396 g/mol. The molecule has 1 saturated heterocycles. The minimum atomic E-state index is -0.196. The van der Waals surface area contributed by atoms with Crippen LogP contribution in [0.5, 0.6) is 0 Å². The highest BCUT2D eigenvalue weighted by Gasteiger charge is 2.26. The Morgan fingerprint density at radius 2 is 2.04 bits per heavy atom. The van der Waals surface area contributed by atoms with E-state index in [2.05, 4.69) is 39.8 Å². The quantitative estimate of drug-likeness (QED) is 0.662. The molecule has 1 unspecified atom stereocenters. The van der Waals surface area contributed by atoms with Crippen LogP contribution in [0, 0.1) is 5.92 Å². The van der Waals surface area contributed by atoms with Gasteiger partial charge in [-0.15, -0.1) is 11.3 Å². The second kappa shape index (κ2) is 8.71. The number of benzene rings is 1. The van der Waals surface area contributed by atoms with E-state index < -0.39 is 0 Å². The number of piperidine rings is 1. The van der Waals surface area contributed by atoms with Crippen LogP contribution in [0.4, 0.5) is 0 Å². The number of rotatable bonds is 6. The topological polar surface area (TPSA) is 58.4 Å². The zero-order chi connectivity index (χ0) is 19.3. The molecule has 1 atom stereocenters. The van der Waals surface area contributed by atoms with Crippen LogP contribution < -0.4 is 5.32 Å². The summed E-state index contributed by atoms with van der Waals surface area (Å²) in [6.07, 6.45) is 2.42. The van der Waals surface area contributed by atoms with E-state index in [4.69, 9.17) is 4.52 Å². The van der Waals surface area contributed by atoms with Crippen molar-refractivity contribution in [2.24, 2.45) is 5.92 Å². The Bertz CT molecular complexity index is 884. The van der Waals surface area contributed by atoms with Gasteiger partial charge < -0.3 is 9.84 Å². The van der Waals surface area contributed by atoms with Gasteiger partial charge in [0.25, 0.3) is 5.91 Å². The lowest BCUT2D eigenvalue weighted by molar-refractivity contribution is 0.0906. The molecule has 146 valence electrons. The van der Waals surface area contributed by atoms with Crippen molar-refractivity contribution < 1.29 is 9.32 Å². The van der Waals surface area contributed by atoms with E-state index >= 15 is 0 Å². The summed E-state index contributed by atoms with van der Waals surface area (Å²) in [4.78, 5) is 16.4. The molecule has 3 heterocycles. The summed E-state index contributed by atoms with van der Waals surface area (Å²) in [5.41, 5.74) is 1.23. The molecule has 1 aromatic carbocycles. The largest absolute Gasteiger partial charge is 0.355 e. The number of nitrogens with one attached hydrogen (secondary N) is 1. The van der Waals surface area contributed by atoms with Crippen molar-refractivity contribution in [2.75, 3.05) is 19.6 Å². The van der Waals surface area contributed by atoms with Gasteiger partial charge in [-0.3, -0.25) is 9.69 Å². The van der Waals surface area contributed by atoms with Gasteiger partial charge in [0.15, 0.2) is 11.5 Å². The molecular weight excluding hydrogens is 370 g/mol. The van der Waals surface area contributed by atoms with Gasteiger partial charge in [0, 0.05) is 23.1 Å². The number of likely N-dealkylation sites (tertiary alicyclic amines) is 1. The minimum absolute atomic E-state index is 0.196. The molecule has 1 amide bonds. The maximum Gasteiger partial charge on any atom is 0.273 e. The molecule has 1 aliphatic heterocycles. The Labute approximate surface area is 169 Å². The van der Waals surface area contributed by atoms with Crippen LogP contribution in [0.1, 0.15) is 41.2 Å². The summed E-state index contributed by atoms with van der Waals surface area (Å²) in [7, 11) is 0. The number of carbonyl (C=O) groups is 1. The van der Waals surface area contributed by atoms with Crippen molar-refractivity contribution >= 4 is 17.2 Å². The number of thiophene rings is 1. The van der Waals surface area contributed by atoms with Crippen LogP contribution in [-0.2, 0) is 0 Å². The van der Waals surface area contributed by atoms with Crippen molar-refractivity contribution in [1.82, 2.24) is 15.4 Å². The Hall–Kier alpha value is -2.44. The number of hydrogen-bond donors (Lipinski definition) is 1. The minimum Gasteiger partial charge on any atom is -0.355 e. The van der Waals surface area contributed by atoms with Crippen molar-refractivity contribution in [3.8, 4) is 11.3 Å². The van der Waals surface area contributed by atoms with E-state index in [-0.39, 0.29) is 11.9 Å². The molecule has 4 rings (SSSR count). The first-order valence-electron chi connectivity index (χ1n) is 9.78. The molecule has 2 aromatic heterocycles. The Morgan fingerprint density at radius 3 is 2.75 bits per heavy atom. The first-order chi connectivity index (χ1) is 13.7. The Morgan fingerprint density at radius 1 is 1.25 bits per heavy atom. The molecule has 1 N–H and O–H groups in total. The van der Waals surface area contributed by atoms with Crippen LogP contribution in [0.3, 0.4) is 0 Å². The van der Waals surface area contributed by atoms with Gasteiger partial charge in [-0.1, -0.05) is 48.5 Å². The van der Waals surface area contributed by atoms with Crippen molar-refractivity contribution in [1.29, 1.82) is 0 Å². The van der Waals surface area contributed by atoms with E-state index in [1.165, 1.54) is 17.7 Å². The zero-order valence-electron chi connectivity index (χ0n) is 16.0. The third-order valence-electron chi connectivity index (χ3n) is 5.39. The van der Waals surface area contributed by atoms with Gasteiger partial charge in [-0.25, -0.2) is 0 Å². The molecule has 5 nitrogen and oxygen atoms in total. The molecule has 0 radical (unpaired) electrons. The summed E-state index contributed by atoms with van der Waals surface area (Å²) in [6.45, 7) is 5.03. The van der Waals surface area contributed by atoms with Gasteiger partial charge in [0.2, 0.25) is 0 Å². The normalized spacial score (nSPS) is 16.8. The van der Waals surface area contributed by atoms with Gasteiger partial charge >= 0.3 is 0 Å². The lowest BCUT2D eigenvalue weighted by Gasteiger charge is -2.36. The monoisotopic (exact) mass is 395 g/mol. The molecule has 6 heteroatoms. The Balaban J connectivity index is 1.42. The molecule has 0 spiro atoms. The third-order valence-corrected chi connectivity index (χ3v) is 6.36. The summed E-state index contributed by atoms with van der Waals surface area (Å²) >= 11 is 1.75. The Kier molecular flexibility index (Phi) is 5.88. The first-order valence-corrected chi connectivity index (χ1v) is 10.7. The smallest absolute Gasteiger partial charge is 0.273 e. The van der Waals surface area contributed by atoms with Gasteiger partial charge in [-0.2, -0.15) is 0 Å². The number of aromatic nitrogens is 1. The SMILES string of the molecule is CC1CCN(C(CNC(=O)c2cc(-c3ccccc3)on2)c2cccs2)CC1. The first kappa shape index (κ1) is 18.9. The van der Waals surface area contributed by atoms with Crippen molar-refractivity contribution in [3.05, 3.63) is 64.5 Å². The van der Waals surface area contributed by atoms with E-state index in [0.29, 0.717) is 18.0 Å². The molecule has 3 aromatic rings. The van der Waals surface area contributed by atoms with Crippen molar-refractivity contribution in [3.63, 3.8) is 0 Å². The molecule has 0 saturated carbocycles. The van der Waals surface area contributed by atoms with Gasteiger partial charge in [0.05, 0.1) is 6.04 Å². The van der Waals surface area contributed by atoms with E-state index in [9.17, 15) is 4.79 Å². The van der Waals surface area contributed by atoms with E-state index in [1.54, 1.807) is 17.4 Å². The van der Waals surface area contributed by atoms with Crippen LogP contribution in [0.15, 0.2) is 58.4 Å². The third kappa shape index (κ3) is 4.34.